The van der Waals surface area contributed by atoms with Gasteiger partial charge in [0.25, 0.3) is 5.91 Å². The third-order valence-electron chi connectivity index (χ3n) is 5.33. The molecule has 0 radical (unpaired) electrons. The number of nitrogens with one attached hydrogen (secondary N) is 2. The number of hydrogen-bond acceptors (Lipinski definition) is 2. The second kappa shape index (κ2) is 6.32. The van der Waals surface area contributed by atoms with Crippen LogP contribution in [0.15, 0.2) is 0 Å². The Labute approximate surface area is 126 Å². The Morgan fingerprint density at radius 2 is 2.05 bits per heavy atom. The summed E-state index contributed by atoms with van der Waals surface area (Å²) in [4.78, 5) is 28.0. The Kier molecular flexibility index (Phi) is 4.45. The van der Waals surface area contributed by atoms with Crippen LogP contribution in [0.2, 0.25) is 0 Å². The van der Waals surface area contributed by atoms with Gasteiger partial charge in [0.1, 0.15) is 6.04 Å². The third-order valence-corrected chi connectivity index (χ3v) is 5.33. The van der Waals surface area contributed by atoms with Crippen molar-refractivity contribution in [3.8, 4) is 0 Å². The van der Waals surface area contributed by atoms with Gasteiger partial charge in [-0.1, -0.05) is 6.42 Å². The van der Waals surface area contributed by atoms with E-state index in [1.165, 1.54) is 17.7 Å². The van der Waals surface area contributed by atoms with Gasteiger partial charge in [0.2, 0.25) is 5.91 Å². The average Bonchev–Trinajstić information content (AvgIpc) is 2.48. The van der Waals surface area contributed by atoms with E-state index in [0.717, 1.165) is 39.0 Å². The van der Waals surface area contributed by atoms with Gasteiger partial charge >= 0.3 is 0 Å². The van der Waals surface area contributed by atoms with E-state index in [0.29, 0.717) is 18.5 Å². The number of fused-ring (bicyclic) bond motifs is 1. The second-order valence-electron chi connectivity index (χ2n) is 6.90. The first kappa shape index (κ1) is 14.8. The Hall–Kier alpha value is -1.14. The molecule has 2 heterocycles. The van der Waals surface area contributed by atoms with E-state index in [2.05, 4.69) is 17.7 Å². The molecule has 2 amide bonds. The lowest BCUT2D eigenvalue weighted by atomic mass is 9.87. The molecule has 0 unspecified atom stereocenters. The molecule has 2 saturated heterocycles. The maximum absolute atomic E-state index is 12.4. The van der Waals surface area contributed by atoms with E-state index in [9.17, 15) is 9.59 Å². The normalized spacial score (nSPS) is 34.2. The van der Waals surface area contributed by atoms with E-state index >= 15 is 0 Å². The summed E-state index contributed by atoms with van der Waals surface area (Å²) >= 11 is 0. The molecule has 2 aliphatic heterocycles. The van der Waals surface area contributed by atoms with E-state index in [4.69, 9.17) is 0 Å². The van der Waals surface area contributed by atoms with Crippen molar-refractivity contribution in [1.82, 2.24) is 10.2 Å². The van der Waals surface area contributed by atoms with Gasteiger partial charge in [-0.3, -0.25) is 9.59 Å². The largest absolute Gasteiger partial charge is 0.342 e. The number of carbonyl (C=O) groups excluding carboxylic acids is 2. The van der Waals surface area contributed by atoms with E-state index in [1.54, 1.807) is 0 Å². The van der Waals surface area contributed by atoms with Crippen molar-refractivity contribution < 1.29 is 19.8 Å². The number of quaternary nitrogens is 2. The molecule has 4 N–H and O–H groups in total. The van der Waals surface area contributed by atoms with Gasteiger partial charge in [-0.05, 0) is 12.8 Å². The maximum Gasteiger partial charge on any atom is 0.279 e. The summed E-state index contributed by atoms with van der Waals surface area (Å²) in [5, 5.41) is 5.31. The molecule has 0 spiro atoms. The van der Waals surface area contributed by atoms with Gasteiger partial charge in [-0.2, -0.15) is 0 Å². The number of hydrogen-bond donors (Lipinski definition) is 3. The first-order valence-electron chi connectivity index (χ1n) is 8.38. The smallest absolute Gasteiger partial charge is 0.279 e. The fourth-order valence-electron chi connectivity index (χ4n) is 3.86. The van der Waals surface area contributed by atoms with Gasteiger partial charge < -0.3 is 20.4 Å². The minimum absolute atomic E-state index is 0.0613. The standard InChI is InChI=1S/C15H26N4O2/c1-18-6-8-19(9-7-18)14(20)10-13-15(21)17-12-5-3-2-4-11(12)16-13/h11-13,16H,2-10H2,1H3,(H,17,21)/p+2/t11-,12+,13+/m1/s1. The zero-order chi connectivity index (χ0) is 14.8. The average molecular weight is 296 g/mol. The number of rotatable bonds is 2. The number of piperazine rings is 2. The molecule has 0 bridgehead atoms. The van der Waals surface area contributed by atoms with Crippen LogP contribution in [-0.4, -0.2) is 68.1 Å². The molecule has 3 rings (SSSR count). The van der Waals surface area contributed by atoms with Crippen LogP contribution in [0.25, 0.3) is 0 Å². The summed E-state index contributed by atoms with van der Waals surface area (Å²) in [7, 11) is 2.16. The lowest BCUT2D eigenvalue weighted by molar-refractivity contribution is -0.883. The fraction of sp³-hybridized carbons (Fsp3) is 0.867. The zero-order valence-electron chi connectivity index (χ0n) is 12.9. The summed E-state index contributed by atoms with van der Waals surface area (Å²) in [5.41, 5.74) is 0. The molecule has 3 fully saturated rings. The van der Waals surface area contributed by atoms with Crippen LogP contribution in [0.1, 0.15) is 32.1 Å². The molecule has 3 atom stereocenters. The van der Waals surface area contributed by atoms with E-state index in [1.807, 2.05) is 4.90 Å². The quantitative estimate of drug-likeness (QED) is 0.512. The zero-order valence-corrected chi connectivity index (χ0v) is 12.9. The fourth-order valence-corrected chi connectivity index (χ4v) is 3.86. The second-order valence-corrected chi connectivity index (χ2v) is 6.90. The molecular formula is C15H28N4O2+2. The van der Waals surface area contributed by atoms with Crippen molar-refractivity contribution in [2.24, 2.45) is 0 Å². The number of nitrogens with zero attached hydrogens (tertiary/aromatic N) is 1. The Morgan fingerprint density at radius 1 is 1.33 bits per heavy atom. The highest BCUT2D eigenvalue weighted by molar-refractivity contribution is 5.87. The Balaban J connectivity index is 1.54. The molecule has 21 heavy (non-hydrogen) atoms. The van der Waals surface area contributed by atoms with E-state index in [-0.39, 0.29) is 17.9 Å². The summed E-state index contributed by atoms with van der Waals surface area (Å²) in [6, 6.07) is 0.583. The highest BCUT2D eigenvalue weighted by Gasteiger charge is 2.41. The molecule has 6 nitrogen and oxygen atoms in total. The Bertz CT molecular complexity index is 406. The number of amides is 2. The van der Waals surface area contributed by atoms with E-state index < -0.39 is 0 Å². The van der Waals surface area contributed by atoms with Crippen LogP contribution in [0.4, 0.5) is 0 Å². The first-order chi connectivity index (χ1) is 10.1. The molecule has 1 aliphatic carbocycles. The lowest BCUT2D eigenvalue weighted by Crippen LogP contribution is -3.12. The van der Waals surface area contributed by atoms with Gasteiger partial charge in [0.15, 0.2) is 6.04 Å². The predicted molar refractivity (Wildman–Crippen MR) is 77.7 cm³/mol. The van der Waals surface area contributed by atoms with Gasteiger partial charge in [-0.25, -0.2) is 0 Å². The predicted octanol–water partition coefficient (Wildman–Crippen LogP) is -2.89. The summed E-state index contributed by atoms with van der Waals surface area (Å²) in [6.07, 6.45) is 5.06. The number of carbonyl (C=O) groups is 2. The van der Waals surface area contributed by atoms with Crippen molar-refractivity contribution in [2.75, 3.05) is 33.2 Å². The molecule has 1 saturated carbocycles. The molecule has 0 aromatic rings. The molecule has 3 aliphatic rings. The van der Waals surface area contributed by atoms with Crippen LogP contribution < -0.4 is 15.5 Å². The van der Waals surface area contributed by atoms with Crippen LogP contribution in [0, 0.1) is 0 Å². The maximum atomic E-state index is 12.4. The summed E-state index contributed by atoms with van der Waals surface area (Å²) in [6.45, 7) is 3.67. The van der Waals surface area contributed by atoms with Crippen LogP contribution in [0.3, 0.4) is 0 Å². The van der Waals surface area contributed by atoms with Crippen LogP contribution in [-0.2, 0) is 9.59 Å². The topological polar surface area (TPSA) is 70.5 Å². The number of likely N-dealkylation sites (N-methyl/N-ethyl adjacent to an activating group) is 1. The van der Waals surface area contributed by atoms with Crippen LogP contribution in [0.5, 0.6) is 0 Å². The lowest BCUT2D eigenvalue weighted by Gasteiger charge is -2.38. The molecule has 0 aromatic heterocycles. The minimum atomic E-state index is -0.219. The van der Waals surface area contributed by atoms with Crippen molar-refractivity contribution in [3.05, 3.63) is 0 Å². The van der Waals surface area contributed by atoms with Crippen molar-refractivity contribution >= 4 is 11.8 Å². The molecule has 6 heteroatoms. The van der Waals surface area contributed by atoms with Gasteiger partial charge in [-0.15, -0.1) is 0 Å². The monoisotopic (exact) mass is 296 g/mol. The third kappa shape index (κ3) is 3.37. The molecular weight excluding hydrogens is 268 g/mol. The van der Waals surface area contributed by atoms with Crippen molar-refractivity contribution in [2.45, 2.75) is 50.2 Å². The Morgan fingerprint density at radius 3 is 2.81 bits per heavy atom. The summed E-state index contributed by atoms with van der Waals surface area (Å²) < 4.78 is 0. The van der Waals surface area contributed by atoms with Gasteiger partial charge in [0, 0.05) is 6.42 Å². The SMILES string of the molecule is C[NH+]1CCN(C(=O)C[C@@H]2[NH2+][C@@H]3CCCC[C@@H]3NC2=O)CC1. The van der Waals surface area contributed by atoms with Crippen molar-refractivity contribution in [3.63, 3.8) is 0 Å². The van der Waals surface area contributed by atoms with Gasteiger partial charge in [0.05, 0.1) is 45.7 Å². The van der Waals surface area contributed by atoms with Crippen molar-refractivity contribution in [1.29, 1.82) is 0 Å². The molecule has 118 valence electrons. The first-order valence-corrected chi connectivity index (χ1v) is 8.38. The van der Waals surface area contributed by atoms with Crippen LogP contribution >= 0.6 is 0 Å². The highest BCUT2D eigenvalue weighted by atomic mass is 16.2. The summed E-state index contributed by atoms with van der Waals surface area (Å²) in [5.74, 6) is 0.208. The highest BCUT2D eigenvalue weighted by Crippen LogP contribution is 2.18. The molecule has 0 aromatic carbocycles. The number of nitrogens with two attached hydrogens (primary N) is 1. The minimum Gasteiger partial charge on any atom is -0.342 e.